The van der Waals surface area contributed by atoms with E-state index in [0.717, 1.165) is 25.7 Å². The third kappa shape index (κ3) is 6.24. The fourth-order valence-corrected chi connectivity index (χ4v) is 6.14. The number of carbonyl (C=O) groups excluding carboxylic acids is 1. The molecule has 0 unspecified atom stereocenters. The van der Waals surface area contributed by atoms with Crippen molar-refractivity contribution in [3.05, 3.63) is 84.9 Å². The lowest BCUT2D eigenvalue weighted by Crippen LogP contribution is -2.32. The van der Waals surface area contributed by atoms with Crippen LogP contribution in [-0.2, 0) is 20.4 Å². The van der Waals surface area contributed by atoms with E-state index in [9.17, 15) is 4.79 Å². The Bertz CT molecular complexity index is 1080. The molecule has 0 bridgehead atoms. The predicted octanol–water partition coefficient (Wildman–Crippen LogP) is 6.68. The molecule has 1 fully saturated rings. The molecule has 174 valence electrons. The van der Waals surface area contributed by atoms with Crippen molar-refractivity contribution in [2.45, 2.75) is 59.8 Å². The lowest BCUT2D eigenvalue weighted by Gasteiger charge is -2.23. The first kappa shape index (κ1) is 24.0. The van der Waals surface area contributed by atoms with E-state index >= 15 is 0 Å². The minimum Gasteiger partial charge on any atom is -0.482 e. The molecule has 0 spiro atoms. The van der Waals surface area contributed by atoms with Crippen molar-refractivity contribution in [1.82, 2.24) is 0 Å². The Hall–Kier alpha value is -3.16. The summed E-state index contributed by atoms with van der Waals surface area (Å²) in [4.78, 5) is 16.3. The zero-order valence-corrected chi connectivity index (χ0v) is 20.6. The molecule has 0 saturated heterocycles. The minimum atomic E-state index is -0.645. The van der Waals surface area contributed by atoms with Crippen LogP contribution in [0.2, 0.25) is 0 Å². The number of hydrogen-bond donors (Lipinski definition) is 0. The largest absolute Gasteiger partial charge is 0.482 e. The summed E-state index contributed by atoms with van der Waals surface area (Å²) in [6.45, 7) is 3.98. The Morgan fingerprint density at radius 1 is 0.853 bits per heavy atom. The van der Waals surface area contributed by atoms with Gasteiger partial charge >= 0.3 is 5.97 Å². The number of benzene rings is 3. The number of hydrogen-bond acceptors (Lipinski definition) is 3. The second-order valence-corrected chi connectivity index (χ2v) is 10.8. The van der Waals surface area contributed by atoms with Gasteiger partial charge in [-0.05, 0) is 74.2 Å². The Morgan fingerprint density at radius 2 is 1.38 bits per heavy atom. The fourth-order valence-electron chi connectivity index (χ4n) is 4.06. The van der Waals surface area contributed by atoms with Gasteiger partial charge in [0.25, 0.3) is 0 Å². The first-order valence-electron chi connectivity index (χ1n) is 11.9. The van der Waals surface area contributed by atoms with Crippen molar-refractivity contribution in [2.75, 3.05) is 6.61 Å². The number of ether oxygens (including phenoxy) is 2. The third-order valence-electron chi connectivity index (χ3n) is 5.68. The van der Waals surface area contributed by atoms with E-state index in [1.807, 2.05) is 38.1 Å². The Morgan fingerprint density at radius 3 is 1.91 bits per heavy atom. The lowest BCUT2D eigenvalue weighted by molar-refractivity contribution is -0.156. The zero-order chi connectivity index (χ0) is 23.8. The highest BCUT2D eigenvalue weighted by Gasteiger charge is 2.36. The van der Waals surface area contributed by atoms with Crippen LogP contribution in [0.25, 0.3) is 0 Å². The van der Waals surface area contributed by atoms with Crippen LogP contribution in [0.5, 0.6) is 5.75 Å². The second kappa shape index (κ2) is 11.3. The summed E-state index contributed by atoms with van der Waals surface area (Å²) in [5, 5.41) is 0. The van der Waals surface area contributed by atoms with Crippen LogP contribution in [0.4, 0.5) is 0 Å². The summed E-state index contributed by atoms with van der Waals surface area (Å²) < 4.78 is 11.6. The molecule has 0 N–H and O–H groups in total. The summed E-state index contributed by atoms with van der Waals surface area (Å²) in [5.74, 6) is 6.95. The molecule has 34 heavy (non-hydrogen) atoms. The van der Waals surface area contributed by atoms with Crippen molar-refractivity contribution < 1.29 is 14.3 Å². The predicted molar refractivity (Wildman–Crippen MR) is 137 cm³/mol. The molecule has 3 nitrogen and oxygen atoms in total. The van der Waals surface area contributed by atoms with Crippen molar-refractivity contribution in [3.8, 4) is 17.6 Å². The molecule has 4 rings (SSSR count). The van der Waals surface area contributed by atoms with Crippen LogP contribution in [0.15, 0.2) is 99.6 Å². The van der Waals surface area contributed by atoms with Gasteiger partial charge in [0.05, 0.1) is 10.9 Å². The average molecular weight is 472 g/mol. The molecular formula is C30H31O3S+. The number of rotatable bonds is 7. The molecule has 0 atom stereocenters. The zero-order valence-electron chi connectivity index (χ0n) is 19.8. The molecule has 1 saturated carbocycles. The van der Waals surface area contributed by atoms with Crippen LogP contribution < -0.4 is 4.74 Å². The molecule has 1 aliphatic rings. The van der Waals surface area contributed by atoms with Gasteiger partial charge in [-0.25, -0.2) is 4.79 Å². The van der Waals surface area contributed by atoms with Gasteiger partial charge in [-0.15, -0.1) is 0 Å². The summed E-state index contributed by atoms with van der Waals surface area (Å²) >= 11 is 0. The Labute approximate surface area is 205 Å². The Balaban J connectivity index is 1.43. The van der Waals surface area contributed by atoms with Gasteiger partial charge in [0.15, 0.2) is 26.9 Å². The van der Waals surface area contributed by atoms with Gasteiger partial charge in [-0.1, -0.05) is 62.1 Å². The molecule has 4 heteroatoms. The van der Waals surface area contributed by atoms with Crippen molar-refractivity contribution in [1.29, 1.82) is 0 Å². The molecule has 3 aromatic rings. The fraction of sp³-hybridized carbons (Fsp3) is 0.300. The SMILES string of the molecule is CC(C)C#CC1(OC(=O)COc2ccc([S+](c3ccccc3)c3ccccc3)cc2)CCCC1. The lowest BCUT2D eigenvalue weighted by atomic mass is 10.0. The second-order valence-electron chi connectivity index (χ2n) is 8.79. The maximum absolute atomic E-state index is 12.6. The maximum Gasteiger partial charge on any atom is 0.345 e. The maximum atomic E-state index is 12.6. The van der Waals surface area contributed by atoms with Crippen LogP contribution in [0.3, 0.4) is 0 Å². The number of carbonyl (C=O) groups is 1. The molecule has 0 amide bonds. The normalized spacial score (nSPS) is 14.5. The average Bonchev–Trinajstić information content (AvgIpc) is 3.32. The topological polar surface area (TPSA) is 35.5 Å². The molecule has 0 aliphatic heterocycles. The van der Waals surface area contributed by atoms with E-state index in [-0.39, 0.29) is 29.4 Å². The molecule has 0 radical (unpaired) electrons. The van der Waals surface area contributed by atoms with Gasteiger partial charge in [-0.2, -0.15) is 0 Å². The molecular weight excluding hydrogens is 440 g/mol. The van der Waals surface area contributed by atoms with Crippen LogP contribution >= 0.6 is 0 Å². The summed E-state index contributed by atoms with van der Waals surface area (Å²) in [7, 11) is -0.213. The highest BCUT2D eigenvalue weighted by molar-refractivity contribution is 7.97. The van der Waals surface area contributed by atoms with Gasteiger partial charge in [0.2, 0.25) is 0 Å². The van der Waals surface area contributed by atoms with Gasteiger partial charge < -0.3 is 9.47 Å². The van der Waals surface area contributed by atoms with Crippen molar-refractivity contribution >= 4 is 16.9 Å². The third-order valence-corrected chi connectivity index (χ3v) is 7.91. The first-order valence-corrected chi connectivity index (χ1v) is 13.1. The van der Waals surface area contributed by atoms with Crippen molar-refractivity contribution in [2.24, 2.45) is 5.92 Å². The van der Waals surface area contributed by atoms with Crippen LogP contribution in [0.1, 0.15) is 39.5 Å². The first-order chi connectivity index (χ1) is 16.5. The molecule has 3 aromatic carbocycles. The quantitative estimate of drug-likeness (QED) is 0.219. The van der Waals surface area contributed by atoms with Crippen molar-refractivity contribution in [3.63, 3.8) is 0 Å². The minimum absolute atomic E-state index is 0.118. The molecule has 0 aromatic heterocycles. The standard InChI is InChI=1S/C30H31O3S/c1-24(2)19-22-30(20-9-10-21-30)33-29(31)23-32-25-15-17-28(18-16-25)34(26-11-5-3-6-12-26)27-13-7-4-8-14-27/h3-8,11-18,24H,9-10,20-21,23H2,1-2H3/q+1. The van der Waals surface area contributed by atoms with E-state index in [1.165, 1.54) is 14.7 Å². The summed E-state index contributed by atoms with van der Waals surface area (Å²) in [6.07, 6.45) is 3.67. The van der Waals surface area contributed by atoms with Gasteiger partial charge in [0, 0.05) is 5.92 Å². The highest BCUT2D eigenvalue weighted by Crippen LogP contribution is 2.34. The monoisotopic (exact) mass is 471 g/mol. The summed E-state index contributed by atoms with van der Waals surface area (Å²) in [5.41, 5.74) is -0.645. The molecule has 0 heterocycles. The number of esters is 1. The molecule has 1 aliphatic carbocycles. The highest BCUT2D eigenvalue weighted by atomic mass is 32.2. The van der Waals surface area contributed by atoms with Crippen LogP contribution in [-0.4, -0.2) is 18.2 Å². The van der Waals surface area contributed by atoms with E-state index < -0.39 is 5.60 Å². The van der Waals surface area contributed by atoms with E-state index in [1.54, 1.807) is 0 Å². The Kier molecular flexibility index (Phi) is 7.98. The van der Waals surface area contributed by atoms with Crippen LogP contribution in [0, 0.1) is 17.8 Å². The smallest absolute Gasteiger partial charge is 0.345 e. The summed E-state index contributed by atoms with van der Waals surface area (Å²) in [6, 6.07) is 29.0. The van der Waals surface area contributed by atoms with E-state index in [4.69, 9.17) is 9.47 Å². The van der Waals surface area contributed by atoms with E-state index in [0.29, 0.717) is 5.75 Å². The van der Waals surface area contributed by atoms with Gasteiger partial charge in [0.1, 0.15) is 5.75 Å². The van der Waals surface area contributed by atoms with E-state index in [2.05, 4.69) is 72.5 Å². The van der Waals surface area contributed by atoms with Gasteiger partial charge in [-0.3, -0.25) is 0 Å².